The Kier molecular flexibility index (Phi) is 2.24. The first-order chi connectivity index (χ1) is 5.15. The molecule has 0 spiro atoms. The molecule has 0 aromatic rings. The van der Waals surface area contributed by atoms with E-state index in [0.717, 1.165) is 0 Å². The molecule has 0 unspecified atom stereocenters. The summed E-state index contributed by atoms with van der Waals surface area (Å²) >= 11 is 0. The van der Waals surface area contributed by atoms with Crippen molar-refractivity contribution < 1.29 is 14.3 Å². The predicted molar refractivity (Wildman–Crippen MR) is 37.7 cm³/mol. The molecule has 1 aliphatic heterocycles. The molecule has 2 N–H and O–H groups in total. The lowest BCUT2D eigenvalue weighted by molar-refractivity contribution is -0.183. The van der Waals surface area contributed by atoms with Crippen molar-refractivity contribution in [1.29, 1.82) is 0 Å². The molecule has 62 valence electrons. The van der Waals surface area contributed by atoms with Crippen molar-refractivity contribution >= 4 is 11.8 Å². The van der Waals surface area contributed by atoms with E-state index in [0.29, 0.717) is 0 Å². The van der Waals surface area contributed by atoms with Crippen molar-refractivity contribution in [1.82, 2.24) is 0 Å². The number of esters is 1. The topological polar surface area (TPSA) is 69.4 Å². The highest BCUT2D eigenvalue weighted by Crippen LogP contribution is 2.24. The molecule has 0 saturated carbocycles. The Hall–Kier alpha value is -0.900. The second kappa shape index (κ2) is 3.00. The van der Waals surface area contributed by atoms with Gasteiger partial charge in [-0.15, -0.1) is 0 Å². The summed E-state index contributed by atoms with van der Waals surface area (Å²) in [7, 11) is 0. The Morgan fingerprint density at radius 2 is 2.36 bits per heavy atom. The largest absolute Gasteiger partial charge is 0.461 e. The smallest absolute Gasteiger partial charge is 0.313 e. The number of carbonyl (C=O) groups excluding carboxylic acids is 2. The fraction of sp³-hybridized carbons (Fsp3) is 0.714. The zero-order chi connectivity index (χ0) is 8.43. The molecule has 0 radical (unpaired) electrons. The molecule has 2 atom stereocenters. The lowest BCUT2D eigenvalue weighted by Gasteiger charge is -2.31. The summed E-state index contributed by atoms with van der Waals surface area (Å²) in [6.07, 6.45) is 0.120. The summed E-state index contributed by atoms with van der Waals surface area (Å²) in [5.74, 6) is -0.608. The summed E-state index contributed by atoms with van der Waals surface area (Å²) in [4.78, 5) is 21.5. The number of rotatable bonds is 3. The van der Waals surface area contributed by atoms with Crippen molar-refractivity contribution in [2.24, 2.45) is 11.7 Å². The molecule has 0 amide bonds. The Morgan fingerprint density at radius 1 is 1.73 bits per heavy atom. The number of hydrogen-bond acceptors (Lipinski definition) is 4. The zero-order valence-electron chi connectivity index (χ0n) is 6.37. The maximum Gasteiger partial charge on any atom is 0.313 e. The van der Waals surface area contributed by atoms with E-state index in [1.165, 1.54) is 0 Å². The lowest BCUT2D eigenvalue weighted by atomic mass is 9.93. The van der Waals surface area contributed by atoms with E-state index in [1.807, 2.05) is 0 Å². The van der Waals surface area contributed by atoms with Crippen molar-refractivity contribution in [3.63, 3.8) is 0 Å². The van der Waals surface area contributed by atoms with Crippen LogP contribution in [0, 0.1) is 5.92 Å². The minimum absolute atomic E-state index is 0.0104. The van der Waals surface area contributed by atoms with Gasteiger partial charge in [0, 0.05) is 6.42 Å². The molecule has 0 bridgehead atoms. The van der Waals surface area contributed by atoms with Crippen molar-refractivity contribution in [2.45, 2.75) is 19.4 Å². The van der Waals surface area contributed by atoms with Gasteiger partial charge in [-0.1, -0.05) is 0 Å². The minimum Gasteiger partial charge on any atom is -0.461 e. The van der Waals surface area contributed by atoms with E-state index in [-0.39, 0.29) is 36.7 Å². The van der Waals surface area contributed by atoms with Crippen LogP contribution in [0.25, 0.3) is 0 Å². The molecular weight excluding hydrogens is 146 g/mol. The Balaban J connectivity index is 2.37. The first-order valence-electron chi connectivity index (χ1n) is 3.57. The van der Waals surface area contributed by atoms with Gasteiger partial charge in [0.1, 0.15) is 17.8 Å². The number of Topliss-reactive ketones (excluding diaryl/α,β-unsaturated/α-hetero) is 1. The molecule has 4 nitrogen and oxygen atoms in total. The van der Waals surface area contributed by atoms with Crippen LogP contribution < -0.4 is 5.73 Å². The monoisotopic (exact) mass is 157 g/mol. The molecule has 0 aromatic heterocycles. The number of ketones is 1. The van der Waals surface area contributed by atoms with Crippen molar-refractivity contribution in [3.8, 4) is 0 Å². The van der Waals surface area contributed by atoms with Crippen LogP contribution in [-0.4, -0.2) is 24.4 Å². The number of nitrogens with two attached hydrogens (primary N) is 1. The highest BCUT2D eigenvalue weighted by Gasteiger charge is 2.39. The number of ether oxygens (including phenoxy) is 1. The van der Waals surface area contributed by atoms with Crippen LogP contribution >= 0.6 is 0 Å². The van der Waals surface area contributed by atoms with E-state index in [2.05, 4.69) is 4.74 Å². The summed E-state index contributed by atoms with van der Waals surface area (Å²) in [6, 6.07) is 0. The Labute approximate surface area is 64.7 Å². The molecule has 0 aliphatic carbocycles. The van der Waals surface area contributed by atoms with E-state index < -0.39 is 0 Å². The average molecular weight is 157 g/mol. The molecular formula is C7H11NO3. The van der Waals surface area contributed by atoms with Crippen LogP contribution in [0.1, 0.15) is 13.3 Å². The van der Waals surface area contributed by atoms with Gasteiger partial charge in [0.05, 0.1) is 6.54 Å². The standard InChI is InChI=1S/C7H11NO3/c1-4-6(7(10)11-4)2-5(9)3-8/h4,6H,2-3,8H2,1H3/t4-,6+/m1/s1. The number of hydrogen-bond donors (Lipinski definition) is 1. The highest BCUT2D eigenvalue weighted by atomic mass is 16.6. The van der Waals surface area contributed by atoms with Gasteiger partial charge >= 0.3 is 5.97 Å². The Bertz CT molecular complexity index is 190. The SMILES string of the molecule is C[C@H]1OC(=O)[C@H]1CC(=O)CN. The average Bonchev–Trinajstić information content (AvgIpc) is 2.00. The summed E-state index contributed by atoms with van der Waals surface area (Å²) < 4.78 is 4.66. The van der Waals surface area contributed by atoms with Crippen LogP contribution in [0.3, 0.4) is 0 Å². The van der Waals surface area contributed by atoms with Crippen LogP contribution in [0.4, 0.5) is 0 Å². The quantitative estimate of drug-likeness (QED) is 0.559. The fourth-order valence-corrected chi connectivity index (χ4v) is 1.05. The molecule has 11 heavy (non-hydrogen) atoms. The molecule has 1 fully saturated rings. The van der Waals surface area contributed by atoms with Crippen LogP contribution in [0.2, 0.25) is 0 Å². The maximum absolute atomic E-state index is 10.8. The molecule has 1 rings (SSSR count). The second-order valence-electron chi connectivity index (χ2n) is 2.70. The van der Waals surface area contributed by atoms with E-state index >= 15 is 0 Å². The van der Waals surface area contributed by atoms with Gasteiger partial charge in [-0.2, -0.15) is 0 Å². The van der Waals surface area contributed by atoms with E-state index in [1.54, 1.807) is 6.92 Å². The minimum atomic E-state index is -0.278. The predicted octanol–water partition coefficient (Wildman–Crippen LogP) is -0.534. The van der Waals surface area contributed by atoms with Gasteiger partial charge in [0.2, 0.25) is 0 Å². The number of carbonyl (C=O) groups is 2. The molecule has 4 heteroatoms. The molecule has 1 heterocycles. The maximum atomic E-state index is 10.8. The zero-order valence-corrected chi connectivity index (χ0v) is 6.37. The van der Waals surface area contributed by atoms with Gasteiger partial charge < -0.3 is 10.5 Å². The van der Waals surface area contributed by atoms with Gasteiger partial charge in [0.15, 0.2) is 0 Å². The first kappa shape index (κ1) is 8.20. The van der Waals surface area contributed by atoms with Gasteiger partial charge in [-0.25, -0.2) is 0 Å². The lowest BCUT2D eigenvalue weighted by Crippen LogP contribution is -2.44. The summed E-state index contributed by atoms with van der Waals surface area (Å²) in [5.41, 5.74) is 5.09. The van der Waals surface area contributed by atoms with E-state index in [9.17, 15) is 9.59 Å². The third-order valence-electron chi connectivity index (χ3n) is 1.85. The normalized spacial score (nSPS) is 29.1. The third kappa shape index (κ3) is 1.57. The summed E-state index contributed by atoms with van der Waals surface area (Å²) in [5, 5.41) is 0. The van der Waals surface area contributed by atoms with Gasteiger partial charge in [-0.3, -0.25) is 9.59 Å². The van der Waals surface area contributed by atoms with Crippen LogP contribution in [0.15, 0.2) is 0 Å². The summed E-state index contributed by atoms with van der Waals surface area (Å²) in [6.45, 7) is 1.78. The second-order valence-corrected chi connectivity index (χ2v) is 2.70. The molecule has 0 aromatic carbocycles. The van der Waals surface area contributed by atoms with Crippen molar-refractivity contribution in [3.05, 3.63) is 0 Å². The van der Waals surface area contributed by atoms with Crippen LogP contribution in [0.5, 0.6) is 0 Å². The molecule has 1 saturated heterocycles. The first-order valence-corrected chi connectivity index (χ1v) is 3.57. The van der Waals surface area contributed by atoms with Crippen LogP contribution in [-0.2, 0) is 14.3 Å². The fourth-order valence-electron chi connectivity index (χ4n) is 1.05. The number of cyclic esters (lactones) is 1. The van der Waals surface area contributed by atoms with E-state index in [4.69, 9.17) is 5.73 Å². The third-order valence-corrected chi connectivity index (χ3v) is 1.85. The van der Waals surface area contributed by atoms with Crippen molar-refractivity contribution in [2.75, 3.05) is 6.54 Å². The molecule has 1 aliphatic rings. The Morgan fingerprint density at radius 3 is 2.73 bits per heavy atom. The van der Waals surface area contributed by atoms with Gasteiger partial charge in [-0.05, 0) is 6.92 Å². The highest BCUT2D eigenvalue weighted by molar-refractivity contribution is 5.88. The van der Waals surface area contributed by atoms with Gasteiger partial charge in [0.25, 0.3) is 0 Å².